The van der Waals surface area contributed by atoms with E-state index in [0.29, 0.717) is 6.42 Å². The molecule has 1 N–H and O–H groups in total. The lowest BCUT2D eigenvalue weighted by molar-refractivity contribution is -0.120. The third-order valence-electron chi connectivity index (χ3n) is 2.67. The molecule has 0 aromatic heterocycles. The third kappa shape index (κ3) is 4.17. The molecule has 0 amide bonds. The van der Waals surface area contributed by atoms with Crippen LogP contribution in [0, 0.1) is 0 Å². The van der Waals surface area contributed by atoms with Crippen molar-refractivity contribution in [3.05, 3.63) is 35.9 Å². The first kappa shape index (κ1) is 14.3. The molecule has 1 rings (SSSR count). The Morgan fingerprint density at radius 1 is 1.29 bits per heavy atom. The highest BCUT2D eigenvalue weighted by atomic mass is 32.1. The molecule has 0 spiro atoms. The van der Waals surface area contributed by atoms with Gasteiger partial charge in [0.15, 0.2) is 5.78 Å². The van der Waals surface area contributed by atoms with Gasteiger partial charge in [0.2, 0.25) is 0 Å². The van der Waals surface area contributed by atoms with Gasteiger partial charge in [0.05, 0.1) is 6.04 Å². The molecule has 0 saturated carbocycles. The Morgan fingerprint density at radius 2 is 1.88 bits per heavy atom. The lowest BCUT2D eigenvalue weighted by Gasteiger charge is -2.25. The van der Waals surface area contributed by atoms with Gasteiger partial charge in [-0.2, -0.15) is 12.6 Å². The number of Topliss-reactive ketones (excluding diaryl/α,β-unsaturated/α-hetero) is 1. The lowest BCUT2D eigenvalue weighted by Crippen LogP contribution is -2.43. The highest BCUT2D eigenvalue weighted by molar-refractivity contribution is 7.80. The van der Waals surface area contributed by atoms with Crippen LogP contribution in [-0.2, 0) is 4.79 Å². The van der Waals surface area contributed by atoms with Crippen molar-refractivity contribution in [2.24, 2.45) is 0 Å². The number of rotatable bonds is 6. The number of carbonyl (C=O) groups excluding carboxylic acids is 1. The molecule has 0 fully saturated rings. The summed E-state index contributed by atoms with van der Waals surface area (Å²) in [6, 6.07) is 9.99. The molecule has 0 aliphatic carbocycles. The van der Waals surface area contributed by atoms with E-state index < -0.39 is 0 Å². The predicted molar refractivity (Wildman–Crippen MR) is 75.5 cm³/mol. The van der Waals surface area contributed by atoms with E-state index in [1.807, 2.05) is 51.1 Å². The zero-order valence-electron chi connectivity index (χ0n) is 10.7. The quantitative estimate of drug-likeness (QED) is 0.761. The second kappa shape index (κ2) is 6.82. The molecule has 0 aliphatic heterocycles. The van der Waals surface area contributed by atoms with Gasteiger partial charge in [-0.05, 0) is 5.56 Å². The topological polar surface area (TPSA) is 29.1 Å². The van der Waals surface area contributed by atoms with Crippen molar-refractivity contribution < 1.29 is 4.79 Å². The molecule has 0 heterocycles. The van der Waals surface area contributed by atoms with E-state index in [2.05, 4.69) is 17.9 Å². The fourth-order valence-electron chi connectivity index (χ4n) is 1.78. The smallest absolute Gasteiger partial charge is 0.150 e. The first-order chi connectivity index (χ1) is 8.06. The van der Waals surface area contributed by atoms with Gasteiger partial charge in [-0.25, -0.2) is 0 Å². The maximum absolute atomic E-state index is 12.0. The molecule has 2 nitrogen and oxygen atoms in total. The summed E-state index contributed by atoms with van der Waals surface area (Å²) < 4.78 is 0. The Bertz CT molecular complexity index is 350. The number of nitrogens with one attached hydrogen (secondary N) is 1. The van der Waals surface area contributed by atoms with Crippen molar-refractivity contribution in [3.63, 3.8) is 0 Å². The second-order valence-electron chi connectivity index (χ2n) is 4.47. The Hall–Kier alpha value is -0.800. The average molecular weight is 251 g/mol. The Labute approximate surface area is 109 Å². The summed E-state index contributed by atoms with van der Waals surface area (Å²) in [5.74, 6) is 0.211. The van der Waals surface area contributed by atoms with Crippen LogP contribution in [0.1, 0.15) is 38.0 Å². The number of hydrogen-bond acceptors (Lipinski definition) is 3. The summed E-state index contributed by atoms with van der Waals surface area (Å²) in [5.41, 5.74) is 1.08. The van der Waals surface area contributed by atoms with E-state index in [-0.39, 0.29) is 23.1 Å². The number of carbonyl (C=O) groups is 1. The first-order valence-corrected chi connectivity index (χ1v) is 6.59. The SMILES string of the molecule is CCC(=O)C(NC(C)C)C(S)c1ccccc1. The molecule has 1 aromatic rings. The van der Waals surface area contributed by atoms with Gasteiger partial charge < -0.3 is 5.32 Å². The number of thiol groups is 1. The highest BCUT2D eigenvalue weighted by Crippen LogP contribution is 2.25. The van der Waals surface area contributed by atoms with Crippen LogP contribution in [0.3, 0.4) is 0 Å². The second-order valence-corrected chi connectivity index (χ2v) is 5.03. The fourth-order valence-corrected chi connectivity index (χ4v) is 2.21. The van der Waals surface area contributed by atoms with Gasteiger partial charge in [-0.3, -0.25) is 4.79 Å². The molecule has 2 unspecified atom stereocenters. The van der Waals surface area contributed by atoms with Gasteiger partial charge in [0, 0.05) is 17.7 Å². The van der Waals surface area contributed by atoms with Crippen LogP contribution in [0.5, 0.6) is 0 Å². The van der Waals surface area contributed by atoms with Crippen LogP contribution >= 0.6 is 12.6 Å². The van der Waals surface area contributed by atoms with Gasteiger partial charge in [-0.1, -0.05) is 51.1 Å². The molecule has 0 radical (unpaired) electrons. The monoisotopic (exact) mass is 251 g/mol. The molecule has 1 aromatic carbocycles. The molecule has 3 heteroatoms. The Balaban J connectivity index is 2.86. The molecule has 17 heavy (non-hydrogen) atoms. The minimum absolute atomic E-state index is 0.0916. The minimum atomic E-state index is -0.217. The van der Waals surface area contributed by atoms with Crippen molar-refractivity contribution >= 4 is 18.4 Å². The lowest BCUT2D eigenvalue weighted by atomic mass is 9.99. The van der Waals surface area contributed by atoms with Crippen molar-refractivity contribution in [1.82, 2.24) is 5.32 Å². The molecule has 0 aliphatic rings. The van der Waals surface area contributed by atoms with Gasteiger partial charge in [0.1, 0.15) is 0 Å². The maximum Gasteiger partial charge on any atom is 0.150 e. The fraction of sp³-hybridized carbons (Fsp3) is 0.500. The van der Waals surface area contributed by atoms with Crippen molar-refractivity contribution in [2.75, 3.05) is 0 Å². The highest BCUT2D eigenvalue weighted by Gasteiger charge is 2.25. The number of ketones is 1. The maximum atomic E-state index is 12.0. The van der Waals surface area contributed by atoms with Crippen molar-refractivity contribution in [3.8, 4) is 0 Å². The largest absolute Gasteiger partial charge is 0.304 e. The average Bonchev–Trinajstić information content (AvgIpc) is 2.35. The Kier molecular flexibility index (Phi) is 5.72. The zero-order chi connectivity index (χ0) is 12.8. The zero-order valence-corrected chi connectivity index (χ0v) is 11.6. The van der Waals surface area contributed by atoms with Crippen LogP contribution in [0.25, 0.3) is 0 Å². The van der Waals surface area contributed by atoms with Crippen LogP contribution in [0.15, 0.2) is 30.3 Å². The predicted octanol–water partition coefficient (Wildman–Crippen LogP) is 3.00. The molecule has 2 atom stereocenters. The summed E-state index contributed by atoms with van der Waals surface area (Å²) in [5, 5.41) is 3.21. The summed E-state index contributed by atoms with van der Waals surface area (Å²) in [6.45, 7) is 5.98. The molecular weight excluding hydrogens is 230 g/mol. The number of benzene rings is 1. The van der Waals surface area contributed by atoms with Crippen LogP contribution in [-0.4, -0.2) is 17.9 Å². The third-order valence-corrected chi connectivity index (χ3v) is 3.26. The van der Waals surface area contributed by atoms with Gasteiger partial charge >= 0.3 is 0 Å². The standard InChI is InChI=1S/C14H21NOS/c1-4-12(16)13(15-10(2)3)14(17)11-8-6-5-7-9-11/h5-10,13-15,17H,4H2,1-3H3. The minimum Gasteiger partial charge on any atom is -0.304 e. The van der Waals surface area contributed by atoms with E-state index in [9.17, 15) is 4.79 Å². The van der Waals surface area contributed by atoms with Gasteiger partial charge in [-0.15, -0.1) is 0 Å². The number of hydrogen-bond donors (Lipinski definition) is 2. The summed E-state index contributed by atoms with van der Waals surface area (Å²) >= 11 is 4.60. The Morgan fingerprint density at radius 3 is 2.35 bits per heavy atom. The van der Waals surface area contributed by atoms with E-state index >= 15 is 0 Å². The molecular formula is C14H21NOS. The summed E-state index contributed by atoms with van der Waals surface area (Å²) in [6.07, 6.45) is 0.536. The summed E-state index contributed by atoms with van der Waals surface area (Å²) in [4.78, 5) is 12.0. The van der Waals surface area contributed by atoms with E-state index in [1.54, 1.807) is 0 Å². The first-order valence-electron chi connectivity index (χ1n) is 6.08. The molecule has 94 valence electrons. The van der Waals surface area contributed by atoms with Crippen molar-refractivity contribution in [2.45, 2.75) is 44.5 Å². The normalized spacial score (nSPS) is 14.6. The summed E-state index contributed by atoms with van der Waals surface area (Å²) in [7, 11) is 0. The van der Waals surface area contributed by atoms with Crippen LogP contribution < -0.4 is 5.32 Å². The molecule has 0 saturated heterocycles. The van der Waals surface area contributed by atoms with E-state index in [1.165, 1.54) is 0 Å². The van der Waals surface area contributed by atoms with Crippen molar-refractivity contribution in [1.29, 1.82) is 0 Å². The van der Waals surface area contributed by atoms with E-state index in [0.717, 1.165) is 5.56 Å². The van der Waals surface area contributed by atoms with E-state index in [4.69, 9.17) is 0 Å². The van der Waals surface area contributed by atoms with Crippen LogP contribution in [0.4, 0.5) is 0 Å². The van der Waals surface area contributed by atoms with Crippen LogP contribution in [0.2, 0.25) is 0 Å². The molecule has 0 bridgehead atoms. The van der Waals surface area contributed by atoms with Gasteiger partial charge in [0.25, 0.3) is 0 Å².